The van der Waals surface area contributed by atoms with Crippen molar-refractivity contribution in [3.63, 3.8) is 0 Å². The van der Waals surface area contributed by atoms with Gasteiger partial charge in [0, 0.05) is 34.3 Å². The molecule has 0 aliphatic carbocycles. The molecule has 10 nitrogen and oxygen atoms in total. The molecule has 258 valence electrons. The lowest BCUT2D eigenvalue weighted by Crippen LogP contribution is -2.20. The van der Waals surface area contributed by atoms with Gasteiger partial charge in [-0.3, -0.25) is 19.2 Å². The number of anilines is 2. The van der Waals surface area contributed by atoms with Crippen molar-refractivity contribution in [1.29, 1.82) is 0 Å². The van der Waals surface area contributed by atoms with Gasteiger partial charge in [-0.25, -0.2) is 10.9 Å². The third-order valence-corrected chi connectivity index (χ3v) is 8.32. The van der Waals surface area contributed by atoms with Gasteiger partial charge in [0.05, 0.1) is 32.6 Å². The largest absolute Gasteiger partial charge is 0.322 e. The third-order valence-electron chi connectivity index (χ3n) is 7.23. The molecule has 4 N–H and O–H groups in total. The average molecular weight is 755 g/mol. The first kappa shape index (κ1) is 38.1. The Morgan fingerprint density at radius 2 is 0.900 bits per heavy atom. The fourth-order valence-corrected chi connectivity index (χ4v) is 5.43. The number of amides is 4. The summed E-state index contributed by atoms with van der Waals surface area (Å²) in [7, 11) is 0. The third kappa shape index (κ3) is 11.4. The number of carbonyl (C=O) groups excluding carboxylic acids is 4. The summed E-state index contributed by atoms with van der Waals surface area (Å²) in [5, 5.41) is 15.2. The van der Waals surface area contributed by atoms with Gasteiger partial charge in [0.1, 0.15) is 0 Å². The Morgan fingerprint density at radius 3 is 1.24 bits per heavy atom. The molecule has 0 atom stereocenters. The quantitative estimate of drug-likeness (QED) is 0.0616. The van der Waals surface area contributed by atoms with E-state index in [0.717, 1.165) is 11.1 Å². The fraction of sp³-hybridized carbons (Fsp3) is 0.167. The number of halogens is 4. The Labute approximate surface area is 309 Å². The summed E-state index contributed by atoms with van der Waals surface area (Å²) >= 11 is 24.0. The molecule has 0 bridgehead atoms. The molecule has 14 heteroatoms. The molecule has 0 saturated heterocycles. The smallest absolute Gasteiger partial charge is 0.257 e. The van der Waals surface area contributed by atoms with E-state index in [-0.39, 0.29) is 46.5 Å². The molecule has 0 saturated carbocycles. The fourth-order valence-electron chi connectivity index (χ4n) is 4.44. The van der Waals surface area contributed by atoms with Crippen molar-refractivity contribution in [3.05, 3.63) is 127 Å². The number of hydrogen-bond donors (Lipinski definition) is 4. The van der Waals surface area contributed by atoms with Crippen molar-refractivity contribution in [2.75, 3.05) is 10.6 Å². The summed E-state index contributed by atoms with van der Waals surface area (Å²) < 4.78 is 0. The summed E-state index contributed by atoms with van der Waals surface area (Å²) in [6, 6.07) is 23.2. The molecule has 0 aliphatic heterocycles. The Hall–Kier alpha value is -4.74. The number of nitrogens with one attached hydrogen (secondary N) is 4. The first-order chi connectivity index (χ1) is 23.9. The van der Waals surface area contributed by atoms with Crippen LogP contribution in [0.25, 0.3) is 0 Å². The SMILES string of the molecule is C/C(=N\NC(=O)CCCCC(=O)N/N=C(\C)c1ccc(NC(=O)c2ccc(Cl)cc2Cl)cc1)c1ccc(NC(=O)c2ccc(Cl)cc2Cl)cc1. The van der Waals surface area contributed by atoms with Gasteiger partial charge >= 0.3 is 0 Å². The lowest BCUT2D eigenvalue weighted by molar-refractivity contribution is -0.123. The van der Waals surface area contributed by atoms with Crippen LogP contribution < -0.4 is 21.5 Å². The maximum Gasteiger partial charge on any atom is 0.257 e. The van der Waals surface area contributed by atoms with Crippen LogP contribution in [0.1, 0.15) is 71.4 Å². The second-order valence-corrected chi connectivity index (χ2v) is 12.7. The molecule has 4 aromatic carbocycles. The summed E-state index contributed by atoms with van der Waals surface area (Å²) in [6.45, 7) is 3.50. The van der Waals surface area contributed by atoms with E-state index in [1.165, 1.54) is 12.1 Å². The van der Waals surface area contributed by atoms with Crippen LogP contribution in [0.5, 0.6) is 0 Å². The number of hydrogen-bond acceptors (Lipinski definition) is 6. The zero-order valence-corrected chi connectivity index (χ0v) is 30.0. The second kappa shape index (κ2) is 18.3. The summed E-state index contributed by atoms with van der Waals surface area (Å²) in [4.78, 5) is 49.6. The molecule has 0 spiro atoms. The number of rotatable bonds is 13. The normalized spacial score (nSPS) is 11.5. The highest BCUT2D eigenvalue weighted by molar-refractivity contribution is 6.38. The van der Waals surface area contributed by atoms with Gasteiger partial charge in [-0.05, 0) is 98.5 Å². The Kier molecular flexibility index (Phi) is 13.9. The van der Waals surface area contributed by atoms with Crippen LogP contribution in [0.15, 0.2) is 95.1 Å². The number of carbonyl (C=O) groups is 4. The van der Waals surface area contributed by atoms with Crippen LogP contribution in [0.2, 0.25) is 20.1 Å². The second-order valence-electron chi connectivity index (χ2n) is 11.0. The van der Waals surface area contributed by atoms with Gasteiger partial charge in [0.25, 0.3) is 11.8 Å². The Morgan fingerprint density at radius 1 is 0.540 bits per heavy atom. The first-order valence-corrected chi connectivity index (χ1v) is 16.8. The molecule has 4 aromatic rings. The highest BCUT2D eigenvalue weighted by Crippen LogP contribution is 2.24. The van der Waals surface area contributed by atoms with Crippen LogP contribution in [0, 0.1) is 0 Å². The van der Waals surface area contributed by atoms with E-state index < -0.39 is 0 Å². The van der Waals surface area contributed by atoms with Crippen molar-refractivity contribution in [3.8, 4) is 0 Å². The lowest BCUT2D eigenvalue weighted by atomic mass is 10.1. The first-order valence-electron chi connectivity index (χ1n) is 15.3. The van der Waals surface area contributed by atoms with Crippen LogP contribution in [-0.2, 0) is 9.59 Å². The monoisotopic (exact) mass is 752 g/mol. The molecule has 0 aromatic heterocycles. The van der Waals surface area contributed by atoms with E-state index in [9.17, 15) is 19.2 Å². The average Bonchev–Trinajstić information content (AvgIpc) is 3.08. The predicted octanol–water partition coefficient (Wildman–Crippen LogP) is 8.75. The zero-order valence-electron chi connectivity index (χ0n) is 27.0. The number of unbranched alkanes of at least 4 members (excludes halogenated alkanes) is 1. The lowest BCUT2D eigenvalue weighted by Gasteiger charge is -2.08. The van der Waals surface area contributed by atoms with Gasteiger partial charge in [-0.2, -0.15) is 10.2 Å². The van der Waals surface area contributed by atoms with E-state index in [1.807, 2.05) is 0 Å². The van der Waals surface area contributed by atoms with Crippen molar-refractivity contribution in [2.45, 2.75) is 39.5 Å². The molecule has 0 radical (unpaired) electrons. The van der Waals surface area contributed by atoms with Gasteiger partial charge in [-0.1, -0.05) is 70.7 Å². The van der Waals surface area contributed by atoms with Crippen molar-refractivity contribution in [2.24, 2.45) is 10.2 Å². The summed E-state index contributed by atoms with van der Waals surface area (Å²) in [5.74, 6) is -1.30. The number of nitrogens with zero attached hydrogens (tertiary/aromatic N) is 2. The highest BCUT2D eigenvalue weighted by atomic mass is 35.5. The van der Waals surface area contributed by atoms with E-state index in [4.69, 9.17) is 46.4 Å². The summed E-state index contributed by atoms with van der Waals surface area (Å²) in [5.41, 5.74) is 9.44. The van der Waals surface area contributed by atoms with E-state index in [0.29, 0.717) is 56.8 Å². The van der Waals surface area contributed by atoms with E-state index in [2.05, 4.69) is 31.7 Å². The van der Waals surface area contributed by atoms with Crippen LogP contribution in [0.3, 0.4) is 0 Å². The minimum absolute atomic E-state index is 0.192. The topological polar surface area (TPSA) is 141 Å². The van der Waals surface area contributed by atoms with Gasteiger partial charge < -0.3 is 10.6 Å². The standard InChI is InChI=1S/C36H32Cl4N6O4/c1-21(23-7-13-27(14-8-23)41-35(49)29-17-11-25(37)19-31(29)39)43-45-33(47)5-3-4-6-34(48)46-44-22(2)24-9-15-28(16-10-24)42-36(50)30-18-12-26(38)20-32(30)40/h7-20H,3-6H2,1-2H3,(H,41,49)(H,42,50)(H,45,47)(H,46,48)/b43-21+,44-22+. The molecule has 4 amide bonds. The number of benzene rings is 4. The van der Waals surface area contributed by atoms with Crippen LogP contribution in [-0.4, -0.2) is 35.1 Å². The predicted molar refractivity (Wildman–Crippen MR) is 201 cm³/mol. The summed E-state index contributed by atoms with van der Waals surface area (Å²) in [6.07, 6.45) is 1.35. The highest BCUT2D eigenvalue weighted by Gasteiger charge is 2.13. The van der Waals surface area contributed by atoms with Crippen molar-refractivity contribution in [1.82, 2.24) is 10.9 Å². The molecule has 4 rings (SSSR count). The number of hydrazone groups is 2. The van der Waals surface area contributed by atoms with Gasteiger partial charge in [0.2, 0.25) is 11.8 Å². The maximum absolute atomic E-state index is 12.5. The molecule has 0 aliphatic rings. The van der Waals surface area contributed by atoms with Gasteiger partial charge in [0.15, 0.2) is 0 Å². The van der Waals surface area contributed by atoms with Crippen molar-refractivity contribution < 1.29 is 19.2 Å². The van der Waals surface area contributed by atoms with Crippen LogP contribution >= 0.6 is 46.4 Å². The molecule has 0 unspecified atom stereocenters. The molecular formula is C36H32Cl4N6O4. The van der Waals surface area contributed by atoms with Crippen molar-refractivity contribution >= 4 is 92.8 Å². The molecule has 50 heavy (non-hydrogen) atoms. The molecule has 0 fully saturated rings. The zero-order chi connectivity index (χ0) is 36.2. The minimum Gasteiger partial charge on any atom is -0.322 e. The van der Waals surface area contributed by atoms with Crippen LogP contribution in [0.4, 0.5) is 11.4 Å². The van der Waals surface area contributed by atoms with E-state index >= 15 is 0 Å². The van der Waals surface area contributed by atoms with E-state index in [1.54, 1.807) is 86.6 Å². The Balaban J connectivity index is 1.14. The minimum atomic E-state index is -0.369. The Bertz CT molecular complexity index is 1810. The molecular weight excluding hydrogens is 722 g/mol. The molecule has 0 heterocycles. The maximum atomic E-state index is 12.5. The van der Waals surface area contributed by atoms with Gasteiger partial charge in [-0.15, -0.1) is 0 Å².